The van der Waals surface area contributed by atoms with Crippen molar-refractivity contribution in [2.75, 3.05) is 19.8 Å². The summed E-state index contributed by atoms with van der Waals surface area (Å²) in [5.74, 6) is -0.973. The lowest BCUT2D eigenvalue weighted by atomic mass is 9.99. The van der Waals surface area contributed by atoms with Crippen molar-refractivity contribution in [3.63, 3.8) is 0 Å². The van der Waals surface area contributed by atoms with E-state index in [0.29, 0.717) is 12.8 Å². The first-order valence-electron chi connectivity index (χ1n) is 24.1. The van der Waals surface area contributed by atoms with Crippen LogP contribution in [0.5, 0.6) is 0 Å². The van der Waals surface area contributed by atoms with E-state index in [2.05, 4.69) is 42.3 Å². The zero-order valence-corrected chi connectivity index (χ0v) is 38.8. The number of allylic oxidation sites excluding steroid dienone is 4. The summed E-state index contributed by atoms with van der Waals surface area (Å²) in [5, 5.41) is 30.7. The molecule has 0 amide bonds. The highest BCUT2D eigenvalue weighted by atomic mass is 32.3. The lowest BCUT2D eigenvalue weighted by Crippen LogP contribution is -2.60. The Morgan fingerprint density at radius 3 is 1.43 bits per heavy atom. The molecule has 1 fully saturated rings. The van der Waals surface area contributed by atoms with Crippen LogP contribution in [0.25, 0.3) is 0 Å². The molecular weight excluding hydrogens is 805 g/mol. The minimum Gasteiger partial charge on any atom is -0.462 e. The molecular formula is C47H86O13S. The first-order valence-corrected chi connectivity index (χ1v) is 25.4. The molecule has 1 heterocycles. The van der Waals surface area contributed by atoms with Crippen molar-refractivity contribution in [1.29, 1.82) is 0 Å². The number of carbonyl (C=O) groups excluding carboxylic acids is 2. The molecule has 1 unspecified atom stereocenters. The van der Waals surface area contributed by atoms with Crippen molar-refractivity contribution in [1.82, 2.24) is 0 Å². The molecule has 0 aromatic rings. The maximum atomic E-state index is 12.9. The summed E-state index contributed by atoms with van der Waals surface area (Å²) in [5.41, 5.74) is 0. The molecule has 0 aromatic carbocycles. The molecule has 0 radical (unpaired) electrons. The predicted molar refractivity (Wildman–Crippen MR) is 239 cm³/mol. The number of hydrogen-bond acceptors (Lipinski definition) is 12. The summed E-state index contributed by atoms with van der Waals surface area (Å²) in [4.78, 5) is 25.5. The number of esters is 2. The van der Waals surface area contributed by atoms with Crippen molar-refractivity contribution >= 4 is 22.3 Å². The highest BCUT2D eigenvalue weighted by molar-refractivity contribution is 7.80. The molecule has 61 heavy (non-hydrogen) atoms. The van der Waals surface area contributed by atoms with Gasteiger partial charge in [-0.2, -0.15) is 8.42 Å². The van der Waals surface area contributed by atoms with Crippen LogP contribution in [0, 0.1) is 0 Å². The molecule has 14 heteroatoms. The van der Waals surface area contributed by atoms with E-state index < -0.39 is 72.4 Å². The molecule has 0 saturated carbocycles. The van der Waals surface area contributed by atoms with Crippen LogP contribution in [0.2, 0.25) is 0 Å². The van der Waals surface area contributed by atoms with Gasteiger partial charge in [-0.25, -0.2) is 4.18 Å². The molecule has 0 spiro atoms. The third-order valence-electron chi connectivity index (χ3n) is 11.0. The molecule has 1 aliphatic rings. The quantitative estimate of drug-likeness (QED) is 0.0196. The molecule has 358 valence electrons. The Kier molecular flexibility index (Phi) is 36.1. The largest absolute Gasteiger partial charge is 0.462 e. The van der Waals surface area contributed by atoms with Gasteiger partial charge in [0.15, 0.2) is 12.4 Å². The van der Waals surface area contributed by atoms with E-state index in [1.807, 2.05) is 0 Å². The minimum atomic E-state index is -5.11. The van der Waals surface area contributed by atoms with Crippen molar-refractivity contribution < 1.29 is 61.0 Å². The van der Waals surface area contributed by atoms with Crippen LogP contribution in [-0.4, -0.2) is 96.9 Å². The van der Waals surface area contributed by atoms with E-state index in [0.717, 1.165) is 83.5 Å². The van der Waals surface area contributed by atoms with Gasteiger partial charge in [0, 0.05) is 12.8 Å². The average Bonchev–Trinajstić information content (AvgIpc) is 3.23. The zero-order valence-electron chi connectivity index (χ0n) is 38.0. The van der Waals surface area contributed by atoms with Gasteiger partial charge in [0.25, 0.3) is 0 Å². The third-order valence-corrected chi connectivity index (χ3v) is 11.5. The first kappa shape index (κ1) is 57.1. The fourth-order valence-corrected chi connectivity index (χ4v) is 7.81. The smallest absolute Gasteiger partial charge is 0.397 e. The van der Waals surface area contributed by atoms with E-state index in [9.17, 15) is 33.3 Å². The maximum Gasteiger partial charge on any atom is 0.397 e. The van der Waals surface area contributed by atoms with Crippen molar-refractivity contribution in [2.24, 2.45) is 0 Å². The maximum absolute atomic E-state index is 12.9. The van der Waals surface area contributed by atoms with Crippen LogP contribution in [-0.2, 0) is 43.1 Å². The normalized spacial score (nSPS) is 20.1. The molecule has 1 rings (SSSR count). The second kappa shape index (κ2) is 38.5. The SMILES string of the molecule is CCCCCCCC/C=C\CCCCCCCCC(=O)OCC(CO[C@@H]1O[C@H](CO)[C@H](O)[C@H](OS(=O)(=O)O)[C@H]1O)OC(=O)CCCCCCCC/C=C\CCCCCCCC. The number of unbranched alkanes of at least 4 members (excludes halogenated alkanes) is 24. The van der Waals surface area contributed by atoms with Gasteiger partial charge >= 0.3 is 22.3 Å². The Balaban J connectivity index is 2.47. The fraction of sp³-hybridized carbons (Fsp3) is 0.872. The summed E-state index contributed by atoms with van der Waals surface area (Å²) in [6, 6.07) is 0. The van der Waals surface area contributed by atoms with Gasteiger partial charge in [-0.05, 0) is 64.2 Å². The van der Waals surface area contributed by atoms with Gasteiger partial charge in [-0.1, -0.05) is 154 Å². The number of hydrogen-bond donors (Lipinski definition) is 4. The average molecular weight is 891 g/mol. The molecule has 4 N–H and O–H groups in total. The van der Waals surface area contributed by atoms with Crippen LogP contribution in [0.3, 0.4) is 0 Å². The van der Waals surface area contributed by atoms with Crippen LogP contribution < -0.4 is 0 Å². The van der Waals surface area contributed by atoms with Gasteiger partial charge in [-0.3, -0.25) is 14.1 Å². The van der Waals surface area contributed by atoms with Crippen molar-refractivity contribution in [2.45, 2.75) is 243 Å². The summed E-state index contributed by atoms with van der Waals surface area (Å²) >= 11 is 0. The molecule has 1 aliphatic heterocycles. The number of ether oxygens (including phenoxy) is 4. The Morgan fingerprint density at radius 2 is 1.00 bits per heavy atom. The second-order valence-electron chi connectivity index (χ2n) is 16.7. The van der Waals surface area contributed by atoms with E-state index in [1.54, 1.807) is 0 Å². The van der Waals surface area contributed by atoms with Crippen LogP contribution in [0.15, 0.2) is 24.3 Å². The number of aliphatic hydroxyl groups is 3. The molecule has 13 nitrogen and oxygen atoms in total. The lowest BCUT2D eigenvalue weighted by Gasteiger charge is -2.41. The minimum absolute atomic E-state index is 0.146. The standard InChI is InChI=1S/C47H86O13S/c1-3-5-7-9-11-13-15-17-19-21-23-25-27-29-31-33-35-42(49)56-38-40(39-57-47-45(52)46(60-61(53,54)55)44(51)41(37-48)59-47)58-43(50)36-34-32-30-28-26-24-22-20-18-16-14-12-10-8-6-4-2/h17-20,40-41,44-48,51-52H,3-16,21-39H2,1-2H3,(H,53,54,55)/b19-17-,20-18-/t40?,41-,44+,45-,46+,47-/m1/s1. The summed E-state index contributed by atoms with van der Waals surface area (Å²) < 4.78 is 58.4. The molecule has 0 aromatic heterocycles. The molecule has 0 aliphatic carbocycles. The van der Waals surface area contributed by atoms with Gasteiger partial charge in [-0.15, -0.1) is 0 Å². The van der Waals surface area contributed by atoms with E-state index in [1.165, 1.54) is 83.5 Å². The fourth-order valence-electron chi connectivity index (χ4n) is 7.30. The highest BCUT2D eigenvalue weighted by Gasteiger charge is 2.48. The van der Waals surface area contributed by atoms with E-state index in [-0.39, 0.29) is 19.4 Å². The van der Waals surface area contributed by atoms with Gasteiger partial charge in [0.05, 0.1) is 13.2 Å². The van der Waals surface area contributed by atoms with Gasteiger partial charge < -0.3 is 34.3 Å². The summed E-state index contributed by atoms with van der Waals surface area (Å²) in [7, 11) is -5.11. The topological polar surface area (TPSA) is 195 Å². The summed E-state index contributed by atoms with van der Waals surface area (Å²) in [6.45, 7) is 2.92. The van der Waals surface area contributed by atoms with Crippen LogP contribution in [0.1, 0.15) is 206 Å². The lowest BCUT2D eigenvalue weighted by molar-refractivity contribution is -0.301. The van der Waals surface area contributed by atoms with Crippen molar-refractivity contribution in [3.8, 4) is 0 Å². The van der Waals surface area contributed by atoms with Gasteiger partial charge in [0.1, 0.15) is 31.0 Å². The van der Waals surface area contributed by atoms with Crippen molar-refractivity contribution in [3.05, 3.63) is 24.3 Å². The predicted octanol–water partition coefficient (Wildman–Crippen LogP) is 9.94. The zero-order chi connectivity index (χ0) is 44.8. The molecule has 0 bridgehead atoms. The van der Waals surface area contributed by atoms with Crippen LogP contribution >= 0.6 is 0 Å². The van der Waals surface area contributed by atoms with E-state index in [4.69, 9.17) is 23.5 Å². The Hall–Kier alpha value is -1.91. The second-order valence-corrected chi connectivity index (χ2v) is 17.7. The molecule has 6 atom stereocenters. The van der Waals surface area contributed by atoms with Gasteiger partial charge in [0.2, 0.25) is 0 Å². The monoisotopic (exact) mass is 891 g/mol. The third kappa shape index (κ3) is 32.4. The van der Waals surface area contributed by atoms with Crippen LogP contribution in [0.4, 0.5) is 0 Å². The summed E-state index contributed by atoms with van der Waals surface area (Å²) in [6.07, 6.45) is 31.8. The number of carbonyl (C=O) groups is 2. The van der Waals surface area contributed by atoms with E-state index >= 15 is 0 Å². The number of aliphatic hydroxyl groups excluding tert-OH is 3. The molecule has 1 saturated heterocycles. The Bertz CT molecular complexity index is 1230. The Labute approximate surface area is 369 Å². The number of rotatable bonds is 41. The Morgan fingerprint density at radius 1 is 0.590 bits per heavy atom. The first-order chi connectivity index (χ1) is 29.5. The highest BCUT2D eigenvalue weighted by Crippen LogP contribution is 2.26.